The van der Waals surface area contributed by atoms with Crippen LogP contribution in [0.3, 0.4) is 0 Å². The van der Waals surface area contributed by atoms with Gasteiger partial charge in [-0.25, -0.2) is 9.59 Å². The predicted molar refractivity (Wildman–Crippen MR) is 98.1 cm³/mol. The van der Waals surface area contributed by atoms with Gasteiger partial charge >= 0.3 is 18.1 Å². The smallest absolute Gasteiger partial charge is 0.476 e. The molecule has 3 N–H and O–H groups in total. The summed E-state index contributed by atoms with van der Waals surface area (Å²) in [5, 5.41) is 28.8. The molecule has 0 saturated carbocycles. The molecule has 2 aromatic carbocycles. The van der Waals surface area contributed by atoms with Crippen LogP contribution < -0.4 is 4.90 Å². The van der Waals surface area contributed by atoms with Crippen molar-refractivity contribution in [3.8, 4) is 0 Å². The maximum atomic E-state index is 11.1. The number of aromatic amines is 1. The first kappa shape index (κ1) is 22.0. The average Bonchev–Trinajstić information content (AvgIpc) is 3.09. The molecule has 0 unspecified atom stereocenters. The minimum atomic E-state index is -5.08. The lowest BCUT2D eigenvalue weighted by molar-refractivity contribution is -0.192. The highest BCUT2D eigenvalue weighted by Gasteiger charge is 2.38. The molecule has 8 nitrogen and oxygen atoms in total. The van der Waals surface area contributed by atoms with Gasteiger partial charge in [0.05, 0.1) is 6.54 Å². The first-order valence-electron chi connectivity index (χ1n) is 7.83. The van der Waals surface area contributed by atoms with Crippen molar-refractivity contribution in [2.45, 2.75) is 12.7 Å². The van der Waals surface area contributed by atoms with Crippen LogP contribution in [0.2, 0.25) is 5.02 Å². The number of alkyl halides is 3. The molecule has 0 radical (unpaired) electrons. The van der Waals surface area contributed by atoms with Crippen LogP contribution in [0.15, 0.2) is 36.4 Å². The molecule has 0 aliphatic rings. The fourth-order valence-electron chi connectivity index (χ4n) is 2.29. The van der Waals surface area contributed by atoms with E-state index in [4.69, 9.17) is 26.6 Å². The third-order valence-corrected chi connectivity index (χ3v) is 3.93. The van der Waals surface area contributed by atoms with E-state index in [1.54, 1.807) is 0 Å². The van der Waals surface area contributed by atoms with E-state index < -0.39 is 18.1 Å². The normalized spacial score (nSPS) is 10.9. The number of aromatic carboxylic acids is 1. The van der Waals surface area contributed by atoms with Crippen LogP contribution in [0.25, 0.3) is 10.8 Å². The number of hydrogen-bond donors (Lipinski definition) is 3. The van der Waals surface area contributed by atoms with Gasteiger partial charge in [0.15, 0.2) is 5.69 Å². The lowest BCUT2D eigenvalue weighted by Crippen LogP contribution is -2.21. The number of rotatable bonds is 4. The summed E-state index contributed by atoms with van der Waals surface area (Å²) in [7, 11) is 1.87. The Labute approximate surface area is 166 Å². The molecule has 0 spiro atoms. The van der Waals surface area contributed by atoms with Gasteiger partial charge < -0.3 is 15.1 Å². The summed E-state index contributed by atoms with van der Waals surface area (Å²) in [6.07, 6.45) is -5.08. The lowest BCUT2D eigenvalue weighted by atomic mass is 10.1. The van der Waals surface area contributed by atoms with Gasteiger partial charge in [0.2, 0.25) is 0 Å². The van der Waals surface area contributed by atoms with Gasteiger partial charge in [0, 0.05) is 17.8 Å². The molecule has 12 heteroatoms. The highest BCUT2D eigenvalue weighted by molar-refractivity contribution is 6.31. The number of H-pyrrole nitrogens is 1. The largest absolute Gasteiger partial charge is 0.490 e. The van der Waals surface area contributed by atoms with E-state index in [1.807, 2.05) is 48.3 Å². The van der Waals surface area contributed by atoms with E-state index >= 15 is 0 Å². The van der Waals surface area contributed by atoms with Crippen molar-refractivity contribution >= 4 is 40.0 Å². The van der Waals surface area contributed by atoms with E-state index in [1.165, 1.54) is 0 Å². The molecule has 154 valence electrons. The Hall–Kier alpha value is -3.34. The number of nitrogens with zero attached hydrogens (tertiary/aromatic N) is 3. The second-order valence-electron chi connectivity index (χ2n) is 5.77. The van der Waals surface area contributed by atoms with Crippen LogP contribution in [0, 0.1) is 0 Å². The number of anilines is 1. The number of benzene rings is 2. The topological polar surface area (TPSA) is 119 Å². The quantitative estimate of drug-likeness (QED) is 0.578. The highest BCUT2D eigenvalue weighted by Crippen LogP contribution is 2.25. The minimum absolute atomic E-state index is 0.0134. The summed E-state index contributed by atoms with van der Waals surface area (Å²) in [5.74, 6) is -3.82. The fraction of sp³-hybridized carbons (Fsp3) is 0.176. The van der Waals surface area contributed by atoms with Gasteiger partial charge in [-0.05, 0) is 35.0 Å². The van der Waals surface area contributed by atoms with E-state index in [-0.39, 0.29) is 5.69 Å². The van der Waals surface area contributed by atoms with E-state index in [0.29, 0.717) is 17.3 Å². The number of carboxylic acids is 2. The molecule has 3 aromatic rings. The summed E-state index contributed by atoms with van der Waals surface area (Å²) in [6, 6.07) is 11.7. The molecule has 3 rings (SSSR count). The molecule has 0 saturated heterocycles. The van der Waals surface area contributed by atoms with Crippen LogP contribution in [0.5, 0.6) is 0 Å². The van der Waals surface area contributed by atoms with Crippen LogP contribution in [-0.2, 0) is 11.3 Å². The molecule has 1 heterocycles. The summed E-state index contributed by atoms with van der Waals surface area (Å²) >= 11 is 5.98. The molecule has 0 aliphatic heterocycles. The van der Waals surface area contributed by atoms with Crippen molar-refractivity contribution in [3.05, 3.63) is 52.8 Å². The summed E-state index contributed by atoms with van der Waals surface area (Å²) in [5.41, 5.74) is 1.36. The lowest BCUT2D eigenvalue weighted by Gasteiger charge is -2.18. The van der Waals surface area contributed by atoms with E-state index in [9.17, 15) is 18.0 Å². The summed E-state index contributed by atoms with van der Waals surface area (Å²) in [4.78, 5) is 21.9. The van der Waals surface area contributed by atoms with Crippen molar-refractivity contribution in [1.82, 2.24) is 15.4 Å². The molecule has 0 bridgehead atoms. The summed E-state index contributed by atoms with van der Waals surface area (Å²) in [6.45, 7) is 0.344. The van der Waals surface area contributed by atoms with Crippen molar-refractivity contribution in [3.63, 3.8) is 0 Å². The number of hydrogen-bond acceptors (Lipinski definition) is 5. The van der Waals surface area contributed by atoms with E-state index in [0.717, 1.165) is 16.5 Å². The van der Waals surface area contributed by atoms with Crippen LogP contribution >= 0.6 is 11.6 Å². The molecular formula is C17H14ClF3N4O4. The number of aliphatic carboxylic acids is 1. The van der Waals surface area contributed by atoms with E-state index in [2.05, 4.69) is 15.4 Å². The molecule has 0 aliphatic carbocycles. The second-order valence-corrected chi connectivity index (χ2v) is 6.21. The first-order valence-corrected chi connectivity index (χ1v) is 8.20. The van der Waals surface area contributed by atoms with Crippen LogP contribution in [0.1, 0.15) is 16.2 Å². The van der Waals surface area contributed by atoms with Crippen molar-refractivity contribution in [2.75, 3.05) is 11.9 Å². The Balaban J connectivity index is 0.000000370. The van der Waals surface area contributed by atoms with Gasteiger partial charge in [-0.2, -0.15) is 13.2 Å². The first-order chi connectivity index (χ1) is 13.5. The van der Waals surface area contributed by atoms with Crippen molar-refractivity contribution < 1.29 is 33.0 Å². The Kier molecular flexibility index (Phi) is 6.64. The summed E-state index contributed by atoms with van der Waals surface area (Å²) < 4.78 is 31.7. The number of halogens is 4. The van der Waals surface area contributed by atoms with Gasteiger partial charge in [-0.15, -0.1) is 5.10 Å². The van der Waals surface area contributed by atoms with Gasteiger partial charge in [0.25, 0.3) is 0 Å². The molecule has 1 aromatic heterocycles. The van der Waals surface area contributed by atoms with Crippen molar-refractivity contribution in [2.24, 2.45) is 0 Å². The predicted octanol–water partition coefficient (Wildman–Crippen LogP) is 3.58. The van der Waals surface area contributed by atoms with Gasteiger partial charge in [0.1, 0.15) is 5.69 Å². The zero-order chi connectivity index (χ0) is 21.8. The molecule has 0 amide bonds. The SMILES string of the molecule is CN(Cc1nn[nH]c1C(=O)O)c1ccc2cc(Cl)ccc2c1.O=C(O)C(F)(F)F. The van der Waals surface area contributed by atoms with Gasteiger partial charge in [-0.3, -0.25) is 5.10 Å². The number of carboxylic acid groups (broad SMARTS) is 2. The molecule has 0 fully saturated rings. The number of aromatic nitrogens is 3. The number of carbonyl (C=O) groups is 2. The zero-order valence-electron chi connectivity index (χ0n) is 14.7. The maximum Gasteiger partial charge on any atom is 0.490 e. The third kappa shape index (κ3) is 5.82. The fourth-order valence-corrected chi connectivity index (χ4v) is 2.47. The highest BCUT2D eigenvalue weighted by atomic mass is 35.5. The maximum absolute atomic E-state index is 11.1. The molecular weight excluding hydrogens is 417 g/mol. The number of nitrogens with one attached hydrogen (secondary N) is 1. The Morgan fingerprint density at radius 3 is 2.31 bits per heavy atom. The second kappa shape index (κ2) is 8.78. The van der Waals surface area contributed by atoms with Crippen LogP contribution in [0.4, 0.5) is 18.9 Å². The Bertz CT molecular complexity index is 1040. The third-order valence-electron chi connectivity index (χ3n) is 3.69. The number of fused-ring (bicyclic) bond motifs is 1. The molecule has 0 atom stereocenters. The monoisotopic (exact) mass is 430 g/mol. The standard InChI is InChI=1S/C15H13ClN4O2.C2HF3O2/c1-20(8-13-14(15(21)22)18-19-17-13)12-5-3-9-6-11(16)4-2-10(9)7-12;3-2(4,5)1(6)7/h2-7H,8H2,1H3,(H,21,22)(H,17,18,19);(H,6,7). The van der Waals surface area contributed by atoms with Crippen molar-refractivity contribution in [1.29, 1.82) is 0 Å². The van der Waals surface area contributed by atoms with Crippen LogP contribution in [-0.4, -0.2) is 50.8 Å². The Morgan fingerprint density at radius 2 is 1.72 bits per heavy atom. The average molecular weight is 431 g/mol. The minimum Gasteiger partial charge on any atom is -0.476 e. The van der Waals surface area contributed by atoms with Gasteiger partial charge in [-0.1, -0.05) is 28.9 Å². The Morgan fingerprint density at radius 1 is 1.14 bits per heavy atom. The molecule has 29 heavy (non-hydrogen) atoms. The zero-order valence-corrected chi connectivity index (χ0v) is 15.5.